The van der Waals surface area contributed by atoms with E-state index in [9.17, 15) is 4.79 Å². The first-order chi connectivity index (χ1) is 9.09. The van der Waals surface area contributed by atoms with Gasteiger partial charge in [-0.25, -0.2) is 4.79 Å². The highest BCUT2D eigenvalue weighted by molar-refractivity contribution is 7.99. The smallest absolute Gasteiger partial charge is 0.332 e. The molecule has 0 aliphatic carbocycles. The second-order valence-electron chi connectivity index (χ2n) is 4.60. The average molecular weight is 279 g/mol. The topological polar surface area (TPSA) is 52.3 Å². The quantitative estimate of drug-likeness (QED) is 0.474. The zero-order chi connectivity index (χ0) is 14.1. The van der Waals surface area contributed by atoms with Crippen molar-refractivity contribution in [2.45, 2.75) is 13.8 Å². The van der Waals surface area contributed by atoms with Gasteiger partial charge in [-0.2, -0.15) is 11.8 Å². The van der Waals surface area contributed by atoms with Crippen LogP contribution < -0.4 is 5.73 Å². The molecular formula is C15H21NO2S. The summed E-state index contributed by atoms with van der Waals surface area (Å²) in [6.45, 7) is 4.76. The largest absolute Gasteiger partial charge is 0.462 e. The molecule has 0 fully saturated rings. The minimum absolute atomic E-state index is 0.383. The zero-order valence-corrected chi connectivity index (χ0v) is 12.3. The number of nitrogens with two attached hydrogens (primary N) is 1. The van der Waals surface area contributed by atoms with Crippen LogP contribution in [0, 0.1) is 5.92 Å². The number of carbonyl (C=O) groups excluding carboxylic acids is 1. The molecule has 0 saturated heterocycles. The van der Waals surface area contributed by atoms with Crippen LogP contribution in [-0.4, -0.2) is 24.1 Å². The molecule has 4 heteroatoms. The molecule has 0 radical (unpaired) electrons. The number of esters is 1. The highest BCUT2D eigenvalue weighted by atomic mass is 32.2. The Balaban J connectivity index is 2.30. The minimum Gasteiger partial charge on any atom is -0.462 e. The molecule has 3 nitrogen and oxygen atoms in total. The predicted octanol–water partition coefficient (Wildman–Crippen LogP) is 2.92. The van der Waals surface area contributed by atoms with Crippen LogP contribution in [0.5, 0.6) is 0 Å². The number of thioether (sulfide) groups is 1. The standard InChI is InChI=1S/C15H21NO2S/c1-12(2)11-19-9-8-18-15(17)10-14(16)13-6-4-3-5-7-13/h3-7,10,12H,8-9,11,16H2,1-2H3. The molecule has 0 saturated carbocycles. The van der Waals surface area contributed by atoms with Crippen LogP contribution in [0.15, 0.2) is 36.4 Å². The van der Waals surface area contributed by atoms with E-state index >= 15 is 0 Å². The average Bonchev–Trinajstić information content (AvgIpc) is 2.39. The lowest BCUT2D eigenvalue weighted by atomic mass is 10.1. The second kappa shape index (κ2) is 8.64. The van der Waals surface area contributed by atoms with E-state index in [0.29, 0.717) is 18.2 Å². The number of ether oxygens (including phenoxy) is 1. The van der Waals surface area contributed by atoms with E-state index in [2.05, 4.69) is 13.8 Å². The Labute approximate surface area is 119 Å². The Morgan fingerprint density at radius 1 is 1.37 bits per heavy atom. The van der Waals surface area contributed by atoms with Crippen LogP contribution in [0.1, 0.15) is 19.4 Å². The molecule has 0 spiro atoms. The summed E-state index contributed by atoms with van der Waals surface area (Å²) in [5, 5.41) is 0. The van der Waals surface area contributed by atoms with Gasteiger partial charge < -0.3 is 10.5 Å². The van der Waals surface area contributed by atoms with Gasteiger partial charge in [0.1, 0.15) is 6.61 Å². The molecule has 0 aliphatic heterocycles. The highest BCUT2D eigenvalue weighted by Crippen LogP contribution is 2.09. The molecule has 1 aromatic carbocycles. The Hall–Kier alpha value is -1.42. The van der Waals surface area contributed by atoms with E-state index in [0.717, 1.165) is 17.1 Å². The highest BCUT2D eigenvalue weighted by Gasteiger charge is 2.02. The number of rotatable bonds is 7. The van der Waals surface area contributed by atoms with Gasteiger partial charge in [0, 0.05) is 17.5 Å². The summed E-state index contributed by atoms with van der Waals surface area (Å²) in [7, 11) is 0. The summed E-state index contributed by atoms with van der Waals surface area (Å²) < 4.78 is 5.10. The summed E-state index contributed by atoms with van der Waals surface area (Å²) in [4.78, 5) is 11.5. The van der Waals surface area contributed by atoms with Gasteiger partial charge in [-0.1, -0.05) is 44.2 Å². The molecule has 0 aromatic heterocycles. The molecule has 0 atom stereocenters. The lowest BCUT2D eigenvalue weighted by Gasteiger charge is -2.05. The lowest BCUT2D eigenvalue weighted by molar-refractivity contribution is -0.137. The normalized spacial score (nSPS) is 11.6. The maximum atomic E-state index is 11.5. The van der Waals surface area contributed by atoms with Crippen molar-refractivity contribution in [3.63, 3.8) is 0 Å². The molecule has 0 bridgehead atoms. The first-order valence-corrected chi connectivity index (χ1v) is 7.52. The van der Waals surface area contributed by atoms with Gasteiger partial charge in [0.25, 0.3) is 0 Å². The van der Waals surface area contributed by atoms with Gasteiger partial charge >= 0.3 is 5.97 Å². The molecule has 0 amide bonds. The molecule has 2 N–H and O–H groups in total. The zero-order valence-electron chi connectivity index (χ0n) is 11.5. The van der Waals surface area contributed by atoms with E-state index in [1.165, 1.54) is 6.08 Å². The third-order valence-corrected chi connectivity index (χ3v) is 3.66. The van der Waals surface area contributed by atoms with Crippen LogP contribution >= 0.6 is 11.8 Å². The lowest BCUT2D eigenvalue weighted by Crippen LogP contribution is -2.08. The number of hydrogen-bond donors (Lipinski definition) is 1. The summed E-state index contributed by atoms with van der Waals surface area (Å²) >= 11 is 1.79. The first kappa shape index (κ1) is 15.6. The Bertz CT molecular complexity index is 415. The monoisotopic (exact) mass is 279 g/mol. The van der Waals surface area contributed by atoms with Crippen LogP contribution in [-0.2, 0) is 9.53 Å². The Morgan fingerprint density at radius 2 is 2.05 bits per heavy atom. The van der Waals surface area contributed by atoms with Crippen LogP contribution in [0.3, 0.4) is 0 Å². The minimum atomic E-state index is -0.383. The summed E-state index contributed by atoms with van der Waals surface area (Å²) in [5.41, 5.74) is 7.08. The van der Waals surface area contributed by atoms with Gasteiger partial charge in [0.05, 0.1) is 0 Å². The Morgan fingerprint density at radius 3 is 2.68 bits per heavy atom. The SMILES string of the molecule is CC(C)CSCCOC(=O)C=C(N)c1ccccc1. The van der Waals surface area contributed by atoms with Gasteiger partial charge in [0.15, 0.2) is 0 Å². The first-order valence-electron chi connectivity index (χ1n) is 6.36. The van der Waals surface area contributed by atoms with Crippen LogP contribution in [0.2, 0.25) is 0 Å². The molecule has 0 unspecified atom stereocenters. The van der Waals surface area contributed by atoms with Crippen molar-refractivity contribution in [1.82, 2.24) is 0 Å². The predicted molar refractivity (Wildman–Crippen MR) is 81.7 cm³/mol. The molecule has 0 aliphatic rings. The van der Waals surface area contributed by atoms with Crippen molar-refractivity contribution in [1.29, 1.82) is 0 Å². The van der Waals surface area contributed by atoms with Crippen molar-refractivity contribution >= 4 is 23.4 Å². The van der Waals surface area contributed by atoms with E-state index in [4.69, 9.17) is 10.5 Å². The molecule has 19 heavy (non-hydrogen) atoms. The Kier molecular flexibility index (Phi) is 7.11. The third kappa shape index (κ3) is 6.91. The van der Waals surface area contributed by atoms with Gasteiger partial charge in [-0.05, 0) is 17.2 Å². The van der Waals surface area contributed by atoms with E-state index in [1.54, 1.807) is 11.8 Å². The number of carbonyl (C=O) groups is 1. The molecule has 1 aromatic rings. The number of benzene rings is 1. The van der Waals surface area contributed by atoms with Crippen LogP contribution in [0.4, 0.5) is 0 Å². The summed E-state index contributed by atoms with van der Waals surface area (Å²) in [5.74, 6) is 2.18. The van der Waals surface area contributed by atoms with E-state index < -0.39 is 0 Å². The van der Waals surface area contributed by atoms with Crippen molar-refractivity contribution in [2.24, 2.45) is 11.7 Å². The van der Waals surface area contributed by atoms with Gasteiger partial charge in [0.2, 0.25) is 0 Å². The van der Waals surface area contributed by atoms with Crippen molar-refractivity contribution < 1.29 is 9.53 Å². The fraction of sp³-hybridized carbons (Fsp3) is 0.400. The van der Waals surface area contributed by atoms with Gasteiger partial charge in [-0.3, -0.25) is 0 Å². The third-order valence-electron chi connectivity index (χ3n) is 2.30. The summed E-state index contributed by atoms with van der Waals surface area (Å²) in [6, 6.07) is 9.38. The molecule has 0 heterocycles. The molecule has 1 rings (SSSR count). The van der Waals surface area contributed by atoms with Crippen molar-refractivity contribution in [2.75, 3.05) is 18.1 Å². The fourth-order valence-electron chi connectivity index (χ4n) is 1.40. The number of hydrogen-bond acceptors (Lipinski definition) is 4. The summed E-state index contributed by atoms with van der Waals surface area (Å²) in [6.07, 6.45) is 1.34. The van der Waals surface area contributed by atoms with E-state index in [-0.39, 0.29) is 5.97 Å². The maximum Gasteiger partial charge on any atom is 0.332 e. The second-order valence-corrected chi connectivity index (χ2v) is 5.75. The van der Waals surface area contributed by atoms with Crippen LogP contribution in [0.25, 0.3) is 5.70 Å². The molecular weight excluding hydrogens is 258 g/mol. The maximum absolute atomic E-state index is 11.5. The fourth-order valence-corrected chi connectivity index (χ4v) is 2.24. The van der Waals surface area contributed by atoms with Crippen molar-refractivity contribution in [3.05, 3.63) is 42.0 Å². The van der Waals surface area contributed by atoms with Gasteiger partial charge in [-0.15, -0.1) is 0 Å². The molecule has 104 valence electrons. The van der Waals surface area contributed by atoms with E-state index in [1.807, 2.05) is 30.3 Å². The van der Waals surface area contributed by atoms with Crippen molar-refractivity contribution in [3.8, 4) is 0 Å².